The fourth-order valence-electron chi connectivity index (χ4n) is 2.41. The molecule has 0 saturated carbocycles. The Kier molecular flexibility index (Phi) is 4.89. The molecular weight excluding hydrogens is 371 g/mol. The second kappa shape index (κ2) is 7.14. The van der Waals surface area contributed by atoms with Crippen LogP contribution in [0.2, 0.25) is 0 Å². The zero-order valence-corrected chi connectivity index (χ0v) is 13.5. The minimum atomic E-state index is -4.75. The Bertz CT molecular complexity index is 1030. The second-order valence-electron chi connectivity index (χ2n) is 5.47. The molecular formula is C17H11F5N4O. The molecule has 0 aliphatic rings. The molecule has 0 aliphatic carbocycles. The molecule has 0 saturated heterocycles. The minimum Gasteiger partial charge on any atom is -0.311 e. The molecule has 0 aliphatic heterocycles. The van der Waals surface area contributed by atoms with Gasteiger partial charge in [0.05, 0.1) is 17.2 Å². The maximum absolute atomic E-state index is 13.5. The maximum atomic E-state index is 13.5. The first-order chi connectivity index (χ1) is 12.8. The Morgan fingerprint density at radius 2 is 1.93 bits per heavy atom. The molecule has 2 aromatic carbocycles. The summed E-state index contributed by atoms with van der Waals surface area (Å²) in [4.78, 5) is 15.5. The van der Waals surface area contributed by atoms with Crippen molar-refractivity contribution in [1.82, 2.24) is 15.0 Å². The van der Waals surface area contributed by atoms with Crippen molar-refractivity contribution in [1.29, 1.82) is 0 Å². The summed E-state index contributed by atoms with van der Waals surface area (Å²) >= 11 is 0. The van der Waals surface area contributed by atoms with Gasteiger partial charge in [-0.2, -0.15) is 18.3 Å². The van der Waals surface area contributed by atoms with E-state index in [1.165, 1.54) is 24.3 Å². The van der Waals surface area contributed by atoms with Crippen LogP contribution in [-0.4, -0.2) is 21.7 Å². The van der Waals surface area contributed by atoms with E-state index in [-0.39, 0.29) is 16.6 Å². The number of hydrazone groups is 1. The van der Waals surface area contributed by atoms with Crippen molar-refractivity contribution in [3.8, 4) is 0 Å². The summed E-state index contributed by atoms with van der Waals surface area (Å²) in [7, 11) is 0. The first-order valence-electron chi connectivity index (χ1n) is 7.55. The number of carbonyl (C=O) groups is 1. The van der Waals surface area contributed by atoms with E-state index in [1.807, 2.05) is 5.43 Å². The fraction of sp³-hybridized carbons (Fsp3) is 0.118. The van der Waals surface area contributed by atoms with Crippen LogP contribution in [0.25, 0.3) is 11.0 Å². The van der Waals surface area contributed by atoms with Gasteiger partial charge < -0.3 is 4.57 Å². The molecule has 0 unspecified atom stereocenters. The van der Waals surface area contributed by atoms with Gasteiger partial charge in [0.2, 0.25) is 5.82 Å². The highest BCUT2D eigenvalue weighted by atomic mass is 19.4. The molecule has 0 atom stereocenters. The number of nitrogens with one attached hydrogen (secondary N) is 1. The van der Waals surface area contributed by atoms with Gasteiger partial charge in [0.15, 0.2) is 0 Å². The van der Waals surface area contributed by atoms with E-state index in [0.717, 1.165) is 22.9 Å². The highest BCUT2D eigenvalue weighted by Crippen LogP contribution is 2.31. The van der Waals surface area contributed by atoms with Gasteiger partial charge in [0, 0.05) is 11.6 Å². The van der Waals surface area contributed by atoms with E-state index in [9.17, 15) is 26.7 Å². The number of benzene rings is 2. The highest BCUT2D eigenvalue weighted by Gasteiger charge is 2.37. The zero-order valence-electron chi connectivity index (χ0n) is 13.5. The number of carbonyl (C=O) groups excluding carboxylic acids is 1. The smallest absolute Gasteiger partial charge is 0.311 e. The van der Waals surface area contributed by atoms with Crippen molar-refractivity contribution in [3.63, 3.8) is 0 Å². The number of hydrogen-bond donors (Lipinski definition) is 1. The predicted octanol–water partition coefficient (Wildman–Crippen LogP) is 3.48. The maximum Gasteiger partial charge on any atom is 0.449 e. The van der Waals surface area contributed by atoms with Gasteiger partial charge in [-0.15, -0.1) is 0 Å². The molecule has 0 fully saturated rings. The molecule has 0 radical (unpaired) electrons. The Hall–Kier alpha value is -3.30. The Balaban J connectivity index is 1.79. The molecule has 27 heavy (non-hydrogen) atoms. The number of hydrogen-bond acceptors (Lipinski definition) is 3. The molecule has 5 nitrogen and oxygen atoms in total. The van der Waals surface area contributed by atoms with Crippen molar-refractivity contribution >= 4 is 23.2 Å². The molecule has 140 valence electrons. The van der Waals surface area contributed by atoms with Gasteiger partial charge in [-0.1, -0.05) is 12.1 Å². The fourth-order valence-corrected chi connectivity index (χ4v) is 2.41. The SMILES string of the molecule is O=C(Cn1c(C(F)(F)F)nc2ccccc21)NN=Cc1ccc(F)cc1F. The number of fused-ring (bicyclic) bond motifs is 1. The quantitative estimate of drug-likeness (QED) is 0.427. The largest absolute Gasteiger partial charge is 0.449 e. The summed E-state index contributed by atoms with van der Waals surface area (Å²) in [5.41, 5.74) is 2.14. The third kappa shape index (κ3) is 4.10. The average molecular weight is 382 g/mol. The number of para-hydroxylation sites is 2. The lowest BCUT2D eigenvalue weighted by Gasteiger charge is -2.10. The van der Waals surface area contributed by atoms with Gasteiger partial charge in [0.25, 0.3) is 5.91 Å². The molecule has 1 aromatic heterocycles. The van der Waals surface area contributed by atoms with Crippen LogP contribution in [0.1, 0.15) is 11.4 Å². The van der Waals surface area contributed by atoms with Crippen LogP contribution in [0, 0.1) is 11.6 Å². The second-order valence-corrected chi connectivity index (χ2v) is 5.47. The number of aromatic nitrogens is 2. The number of nitrogens with zero attached hydrogens (tertiary/aromatic N) is 3. The van der Waals surface area contributed by atoms with Crippen LogP contribution in [0.15, 0.2) is 47.6 Å². The van der Waals surface area contributed by atoms with Crippen LogP contribution in [0.4, 0.5) is 22.0 Å². The molecule has 1 amide bonds. The third-order valence-electron chi connectivity index (χ3n) is 3.57. The van der Waals surface area contributed by atoms with Crippen LogP contribution < -0.4 is 5.43 Å². The lowest BCUT2D eigenvalue weighted by atomic mass is 10.2. The van der Waals surface area contributed by atoms with Crippen molar-refractivity contribution in [2.75, 3.05) is 0 Å². The summed E-state index contributed by atoms with van der Waals surface area (Å²) in [5, 5.41) is 3.48. The lowest BCUT2D eigenvalue weighted by molar-refractivity contribution is -0.147. The van der Waals surface area contributed by atoms with Gasteiger partial charge in [-0.25, -0.2) is 19.2 Å². The van der Waals surface area contributed by atoms with Gasteiger partial charge >= 0.3 is 6.18 Å². The van der Waals surface area contributed by atoms with E-state index in [2.05, 4.69) is 10.1 Å². The monoisotopic (exact) mass is 382 g/mol. The van der Waals surface area contributed by atoms with Crippen LogP contribution >= 0.6 is 0 Å². The van der Waals surface area contributed by atoms with Gasteiger partial charge in [-0.05, 0) is 24.3 Å². The van der Waals surface area contributed by atoms with E-state index >= 15 is 0 Å². The normalized spacial score (nSPS) is 12.0. The molecule has 3 aromatic rings. The predicted molar refractivity (Wildman–Crippen MR) is 86.8 cm³/mol. The Morgan fingerprint density at radius 1 is 1.19 bits per heavy atom. The molecule has 0 spiro atoms. The van der Waals surface area contributed by atoms with E-state index in [1.54, 1.807) is 0 Å². The Morgan fingerprint density at radius 3 is 2.63 bits per heavy atom. The Labute approximate surface area is 149 Å². The highest BCUT2D eigenvalue weighted by molar-refractivity contribution is 5.84. The first kappa shape index (κ1) is 18.5. The van der Waals surface area contributed by atoms with Gasteiger partial charge in [0.1, 0.15) is 18.2 Å². The van der Waals surface area contributed by atoms with Crippen molar-refractivity contribution in [2.45, 2.75) is 12.7 Å². The average Bonchev–Trinajstić information content (AvgIpc) is 2.96. The lowest BCUT2D eigenvalue weighted by Crippen LogP contribution is -2.26. The summed E-state index contributed by atoms with van der Waals surface area (Å²) < 4.78 is 66.5. The van der Waals surface area contributed by atoms with Crippen molar-refractivity contribution in [3.05, 3.63) is 65.5 Å². The van der Waals surface area contributed by atoms with Crippen LogP contribution in [0.3, 0.4) is 0 Å². The summed E-state index contributed by atoms with van der Waals surface area (Å²) in [6, 6.07) is 8.59. The zero-order chi connectivity index (χ0) is 19.6. The summed E-state index contributed by atoms with van der Waals surface area (Å²) in [5.74, 6) is -3.76. The molecule has 3 rings (SSSR count). The molecule has 1 heterocycles. The first-order valence-corrected chi connectivity index (χ1v) is 7.55. The third-order valence-corrected chi connectivity index (χ3v) is 3.57. The van der Waals surface area contributed by atoms with E-state index in [4.69, 9.17) is 0 Å². The topological polar surface area (TPSA) is 59.3 Å². The number of rotatable bonds is 4. The van der Waals surface area contributed by atoms with Crippen LogP contribution in [0.5, 0.6) is 0 Å². The number of amides is 1. The molecule has 0 bridgehead atoms. The molecule has 10 heteroatoms. The minimum absolute atomic E-state index is 0.0921. The standard InChI is InChI=1S/C17H11F5N4O/c18-11-6-5-10(12(19)7-11)8-23-25-15(27)9-26-14-4-2-1-3-13(14)24-16(26)17(20,21)22/h1-8H,9H2,(H,25,27). The van der Waals surface area contributed by atoms with E-state index in [0.29, 0.717) is 6.07 Å². The summed E-state index contributed by atoms with van der Waals surface area (Å²) in [6.45, 7) is -0.696. The number of imidazole rings is 1. The van der Waals surface area contributed by atoms with Crippen molar-refractivity contribution in [2.24, 2.45) is 5.10 Å². The number of alkyl halides is 3. The van der Waals surface area contributed by atoms with Crippen molar-refractivity contribution < 1.29 is 26.7 Å². The summed E-state index contributed by atoms with van der Waals surface area (Å²) in [6.07, 6.45) is -3.83. The van der Waals surface area contributed by atoms with Crippen LogP contribution in [-0.2, 0) is 17.5 Å². The number of halogens is 5. The molecule has 1 N–H and O–H groups in total. The van der Waals surface area contributed by atoms with Gasteiger partial charge in [-0.3, -0.25) is 4.79 Å². The van der Waals surface area contributed by atoms with E-state index < -0.39 is 36.1 Å².